The Morgan fingerprint density at radius 3 is 1.11 bits per heavy atom. The van der Waals surface area contributed by atoms with Crippen molar-refractivity contribution in [3.8, 4) is 0 Å². The Kier molecular flexibility index (Phi) is 18.6. The average molecular weight is 375 g/mol. The van der Waals surface area contributed by atoms with Crippen molar-refractivity contribution < 1.29 is 5.11 Å². The fourth-order valence-electron chi connectivity index (χ4n) is 2.79. The summed E-state index contributed by atoms with van der Waals surface area (Å²) in [7, 11) is 0. The summed E-state index contributed by atoms with van der Waals surface area (Å²) in [6.45, 7) is 13.3. The van der Waals surface area contributed by atoms with Crippen molar-refractivity contribution in [2.24, 2.45) is 0 Å². The molecule has 0 spiro atoms. The monoisotopic (exact) mass is 374 g/mol. The van der Waals surface area contributed by atoms with E-state index in [1.54, 1.807) is 0 Å². The molecule has 0 saturated heterocycles. The van der Waals surface area contributed by atoms with Crippen LogP contribution in [0.25, 0.3) is 0 Å². The van der Waals surface area contributed by atoms with E-state index in [0.29, 0.717) is 0 Å². The number of rotatable bonds is 13. The molecule has 1 N–H and O–H groups in total. The van der Waals surface area contributed by atoms with E-state index in [9.17, 15) is 0 Å². The first-order valence-corrected chi connectivity index (χ1v) is 10.2. The third kappa shape index (κ3) is 19.2. The van der Waals surface area contributed by atoms with Gasteiger partial charge in [0.05, 0.1) is 6.61 Å². The van der Waals surface area contributed by atoms with Gasteiger partial charge in [0.25, 0.3) is 0 Å². The fraction of sp³-hybridized carbons (Fsp3) is 0.615. The minimum atomic E-state index is 0. The van der Waals surface area contributed by atoms with Gasteiger partial charge in [0.2, 0.25) is 0 Å². The van der Waals surface area contributed by atoms with E-state index in [1.807, 2.05) is 6.08 Å². The molecular formula is C26H46O. The minimum Gasteiger partial charge on any atom is -0.392 e. The number of aliphatic hydroxyl groups is 1. The lowest BCUT2D eigenvalue weighted by Gasteiger charge is -2.03. The minimum absolute atomic E-state index is 0. The molecule has 0 aromatic carbocycles. The number of hydrogen-bond donors (Lipinski definition) is 1. The highest BCUT2D eigenvalue weighted by Crippen LogP contribution is 2.14. The highest BCUT2D eigenvalue weighted by atomic mass is 16.2. The standard InChI is InChI=1S/C25H42O.CH4/c1-21(2)11-7-12-22(3)13-8-14-23(4)15-9-16-24(5)17-10-18-25(6)19-20-26;/h11,13,15,17,19,26H,7-10,12,14,16,18,20H2,1-6H3;1H4/b22-13+,23-15+,24-17+,25-19+;. The zero-order valence-electron chi connectivity index (χ0n) is 18.2. The van der Waals surface area contributed by atoms with Crippen molar-refractivity contribution in [3.63, 3.8) is 0 Å². The molecule has 0 heterocycles. The highest BCUT2D eigenvalue weighted by molar-refractivity contribution is 5.08. The predicted molar refractivity (Wildman–Crippen MR) is 125 cm³/mol. The fourth-order valence-corrected chi connectivity index (χ4v) is 2.79. The first-order valence-electron chi connectivity index (χ1n) is 10.2. The molecule has 1 heteroatoms. The van der Waals surface area contributed by atoms with E-state index in [1.165, 1.54) is 47.1 Å². The number of hydrogen-bond acceptors (Lipinski definition) is 1. The number of aliphatic hydroxyl groups excluding tert-OH is 1. The van der Waals surface area contributed by atoms with Crippen LogP contribution in [0.5, 0.6) is 0 Å². The van der Waals surface area contributed by atoms with Crippen molar-refractivity contribution in [3.05, 3.63) is 58.2 Å². The van der Waals surface area contributed by atoms with Crippen molar-refractivity contribution in [2.45, 2.75) is 100 Å². The van der Waals surface area contributed by atoms with Crippen LogP contribution in [-0.2, 0) is 0 Å². The summed E-state index contributed by atoms with van der Waals surface area (Å²) in [5, 5.41) is 8.86. The largest absolute Gasteiger partial charge is 0.392 e. The van der Waals surface area contributed by atoms with E-state index >= 15 is 0 Å². The summed E-state index contributed by atoms with van der Waals surface area (Å²) in [6.07, 6.45) is 20.5. The summed E-state index contributed by atoms with van der Waals surface area (Å²) in [4.78, 5) is 0. The maximum absolute atomic E-state index is 8.86. The van der Waals surface area contributed by atoms with Gasteiger partial charge in [0.15, 0.2) is 0 Å². The van der Waals surface area contributed by atoms with Crippen molar-refractivity contribution in [1.29, 1.82) is 0 Å². The molecule has 0 aliphatic carbocycles. The SMILES string of the molecule is C.CC(C)=CCC/C(C)=C/CC/C(C)=C/CC/C(C)=C/CC/C(C)=C/CO. The van der Waals surface area contributed by atoms with Gasteiger partial charge in [-0.25, -0.2) is 0 Å². The topological polar surface area (TPSA) is 20.2 Å². The molecule has 0 aromatic rings. The van der Waals surface area contributed by atoms with Gasteiger partial charge in [-0.15, -0.1) is 0 Å². The molecule has 0 radical (unpaired) electrons. The Morgan fingerprint density at radius 1 is 0.519 bits per heavy atom. The van der Waals surface area contributed by atoms with Crippen molar-refractivity contribution >= 4 is 0 Å². The van der Waals surface area contributed by atoms with Crippen LogP contribution in [-0.4, -0.2) is 11.7 Å². The summed E-state index contributed by atoms with van der Waals surface area (Å²) >= 11 is 0. The molecule has 0 aliphatic rings. The normalized spacial score (nSPS) is 13.4. The van der Waals surface area contributed by atoms with Crippen molar-refractivity contribution in [1.82, 2.24) is 0 Å². The van der Waals surface area contributed by atoms with E-state index in [-0.39, 0.29) is 14.0 Å². The predicted octanol–water partition coefficient (Wildman–Crippen LogP) is 8.49. The van der Waals surface area contributed by atoms with Crippen LogP contribution in [0, 0.1) is 0 Å². The Balaban J connectivity index is 0. The number of allylic oxidation sites excluding steroid dienone is 9. The smallest absolute Gasteiger partial charge is 0.0614 e. The zero-order chi connectivity index (χ0) is 19.8. The Labute approximate surface area is 170 Å². The van der Waals surface area contributed by atoms with Gasteiger partial charge in [0.1, 0.15) is 0 Å². The second-order valence-electron chi connectivity index (χ2n) is 7.82. The van der Waals surface area contributed by atoms with Gasteiger partial charge in [-0.3, -0.25) is 0 Å². The zero-order valence-corrected chi connectivity index (χ0v) is 18.2. The molecule has 0 rings (SSSR count). The molecule has 27 heavy (non-hydrogen) atoms. The van der Waals surface area contributed by atoms with Gasteiger partial charge < -0.3 is 5.11 Å². The van der Waals surface area contributed by atoms with Gasteiger partial charge in [0, 0.05) is 0 Å². The summed E-state index contributed by atoms with van der Waals surface area (Å²) in [5.74, 6) is 0. The molecular weight excluding hydrogens is 328 g/mol. The summed E-state index contributed by atoms with van der Waals surface area (Å²) in [6, 6.07) is 0. The summed E-state index contributed by atoms with van der Waals surface area (Å²) in [5.41, 5.74) is 7.18. The van der Waals surface area contributed by atoms with E-state index < -0.39 is 0 Å². The second-order valence-corrected chi connectivity index (χ2v) is 7.82. The first kappa shape index (κ1) is 27.9. The van der Waals surface area contributed by atoms with E-state index in [4.69, 9.17) is 5.11 Å². The van der Waals surface area contributed by atoms with Crippen LogP contribution in [0.1, 0.15) is 100 Å². The second kappa shape index (κ2) is 18.0. The maximum Gasteiger partial charge on any atom is 0.0614 e. The third-order valence-corrected chi connectivity index (χ3v) is 4.63. The quantitative estimate of drug-likeness (QED) is 0.320. The van der Waals surface area contributed by atoms with Crippen molar-refractivity contribution in [2.75, 3.05) is 6.61 Å². The van der Waals surface area contributed by atoms with Gasteiger partial charge in [-0.05, 0) is 92.9 Å². The van der Waals surface area contributed by atoms with Crippen LogP contribution in [0.15, 0.2) is 58.2 Å². The molecule has 0 saturated carbocycles. The molecule has 0 fully saturated rings. The molecule has 0 atom stereocenters. The Hall–Kier alpha value is -1.34. The average Bonchev–Trinajstić information content (AvgIpc) is 2.54. The lowest BCUT2D eigenvalue weighted by Crippen LogP contribution is -1.83. The van der Waals surface area contributed by atoms with Crippen LogP contribution >= 0.6 is 0 Å². The maximum atomic E-state index is 8.86. The molecule has 0 aromatic heterocycles. The molecule has 0 unspecified atom stereocenters. The van der Waals surface area contributed by atoms with Crippen LogP contribution in [0.4, 0.5) is 0 Å². The Morgan fingerprint density at radius 2 is 0.815 bits per heavy atom. The lowest BCUT2D eigenvalue weighted by atomic mass is 10.0. The third-order valence-electron chi connectivity index (χ3n) is 4.63. The molecule has 1 nitrogen and oxygen atoms in total. The summed E-state index contributed by atoms with van der Waals surface area (Å²) < 4.78 is 0. The lowest BCUT2D eigenvalue weighted by molar-refractivity contribution is 0.341. The van der Waals surface area contributed by atoms with Crippen LogP contribution < -0.4 is 0 Å². The highest BCUT2D eigenvalue weighted by Gasteiger charge is 1.94. The molecule has 0 bridgehead atoms. The molecule has 156 valence electrons. The van der Waals surface area contributed by atoms with E-state index in [0.717, 1.165) is 32.1 Å². The Bertz CT molecular complexity index is 522. The van der Waals surface area contributed by atoms with Gasteiger partial charge >= 0.3 is 0 Å². The first-order chi connectivity index (χ1) is 12.3. The van der Waals surface area contributed by atoms with E-state index in [2.05, 4.69) is 65.8 Å². The van der Waals surface area contributed by atoms with Gasteiger partial charge in [-0.2, -0.15) is 0 Å². The van der Waals surface area contributed by atoms with Crippen LogP contribution in [0.3, 0.4) is 0 Å². The molecule has 0 amide bonds. The van der Waals surface area contributed by atoms with Gasteiger partial charge in [-0.1, -0.05) is 65.7 Å². The van der Waals surface area contributed by atoms with Crippen LogP contribution in [0.2, 0.25) is 0 Å². The molecule has 0 aliphatic heterocycles.